The second kappa shape index (κ2) is 13.6. The van der Waals surface area contributed by atoms with Gasteiger partial charge in [-0.05, 0) is 123 Å². The number of benzene rings is 9. The molecule has 0 bridgehead atoms. The summed E-state index contributed by atoms with van der Waals surface area (Å²) >= 11 is 3.86. The molecule has 290 valence electrons. The lowest BCUT2D eigenvalue weighted by Crippen LogP contribution is -2.00. The third kappa shape index (κ3) is 5.45. The second-order valence-electron chi connectivity index (χ2n) is 15.7. The largest absolute Gasteiger partial charge is 0.456 e. The monoisotopic (exact) mass is 858 g/mol. The lowest BCUT2D eigenvalue weighted by molar-refractivity contribution is 0.669. The summed E-state index contributed by atoms with van der Waals surface area (Å²) in [6, 6.07) is 65.3. The van der Waals surface area contributed by atoms with Gasteiger partial charge in [-0.3, -0.25) is 0 Å². The predicted octanol–water partition coefficient (Wildman–Crippen LogP) is 15.4. The summed E-state index contributed by atoms with van der Waals surface area (Å²) in [7, 11) is 0. The molecule has 0 fully saturated rings. The van der Waals surface area contributed by atoms with Gasteiger partial charge in [0.25, 0.3) is 0 Å². The summed E-state index contributed by atoms with van der Waals surface area (Å²) in [6.45, 7) is 0. The van der Waals surface area contributed by atoms with E-state index in [1.54, 1.807) is 0 Å². The molecular weight excluding hydrogens is 829 g/mol. The van der Waals surface area contributed by atoms with Crippen LogP contribution in [0.25, 0.3) is 127 Å². The van der Waals surface area contributed by atoms with Crippen molar-refractivity contribution in [1.29, 1.82) is 0 Å². The smallest absolute Gasteiger partial charge is 0.167 e. The van der Waals surface area contributed by atoms with E-state index in [9.17, 15) is 0 Å². The first kappa shape index (κ1) is 34.9. The first-order chi connectivity index (χ1) is 30.6. The van der Waals surface area contributed by atoms with E-state index in [2.05, 4.69) is 160 Å². The Morgan fingerprint density at radius 2 is 1.02 bits per heavy atom. The van der Waals surface area contributed by atoms with E-state index in [-0.39, 0.29) is 0 Å². The summed E-state index contributed by atoms with van der Waals surface area (Å²) in [5.74, 6) is 1.64. The van der Waals surface area contributed by atoms with E-state index in [0.717, 1.165) is 104 Å². The normalized spacial score (nSPS) is 12.0. The third-order valence-corrected chi connectivity index (χ3v) is 12.8. The van der Waals surface area contributed by atoms with Crippen LogP contribution in [0.4, 0.5) is 0 Å². The maximum atomic E-state index is 6.76. The third-order valence-electron chi connectivity index (χ3n) is 12.1. The Bertz CT molecular complexity index is 3960. The molecule has 0 unspecified atom stereocenters. The van der Waals surface area contributed by atoms with E-state index in [4.69, 9.17) is 23.8 Å². The summed E-state index contributed by atoms with van der Waals surface area (Å²) in [5.41, 5.74) is 11.2. The van der Waals surface area contributed by atoms with Crippen LogP contribution < -0.4 is 0 Å². The minimum atomic E-state index is 0.525. The summed E-state index contributed by atoms with van der Waals surface area (Å²) in [4.78, 5) is 15.8. The lowest BCUT2D eigenvalue weighted by Gasteiger charge is -2.11. The van der Waals surface area contributed by atoms with Gasteiger partial charge in [-0.2, -0.15) is 0 Å². The zero-order valence-electron chi connectivity index (χ0n) is 32.9. The molecule has 0 amide bonds. The van der Waals surface area contributed by atoms with Gasteiger partial charge in [0, 0.05) is 47.9 Å². The van der Waals surface area contributed by atoms with E-state index in [0.29, 0.717) is 17.5 Å². The van der Waals surface area contributed by atoms with Crippen molar-refractivity contribution in [3.63, 3.8) is 0 Å². The first-order valence-electron chi connectivity index (χ1n) is 20.5. The van der Waals surface area contributed by atoms with Crippen molar-refractivity contribution in [1.82, 2.24) is 19.5 Å². The fourth-order valence-electron chi connectivity index (χ4n) is 9.14. The first-order valence-corrected chi connectivity index (χ1v) is 21.3. The standard InChI is InChI=1S/C55H31BrN4O2/c56-45-18-7-8-19-47(45)60-46-25-22-36(28-42(46)43-27-33-13-4-5-14-34(33)30-48(43)60)53-57-54(37-23-26-50-44(29-37)38-15-6-9-20-49(38)61-50)59-55(58-53)41-17-10-16-40-39-24-21-35(31-51(39)62-52(40)41)32-11-2-1-3-12-32/h1-31H. The Balaban J connectivity index is 1.05. The minimum Gasteiger partial charge on any atom is -0.456 e. The van der Waals surface area contributed by atoms with Crippen molar-refractivity contribution in [3.8, 4) is 51.0 Å². The molecule has 13 rings (SSSR count). The molecular formula is C55H31BrN4O2. The molecule has 0 aliphatic rings. The number of aromatic nitrogens is 4. The van der Waals surface area contributed by atoms with Crippen LogP contribution in [0.15, 0.2) is 201 Å². The van der Waals surface area contributed by atoms with Gasteiger partial charge in [-0.1, -0.05) is 103 Å². The number of fused-ring (bicyclic) bond motifs is 10. The average molecular weight is 860 g/mol. The molecule has 7 heteroatoms. The highest BCUT2D eigenvalue weighted by Crippen LogP contribution is 2.41. The van der Waals surface area contributed by atoms with Gasteiger partial charge >= 0.3 is 0 Å². The molecule has 0 atom stereocenters. The minimum absolute atomic E-state index is 0.525. The summed E-state index contributed by atoms with van der Waals surface area (Å²) in [6.07, 6.45) is 0. The van der Waals surface area contributed by atoms with Crippen LogP contribution in [0, 0.1) is 0 Å². The lowest BCUT2D eigenvalue weighted by atomic mass is 10.0. The number of furan rings is 2. The van der Waals surface area contributed by atoms with Crippen LogP contribution in [0.2, 0.25) is 0 Å². The molecule has 0 saturated heterocycles. The molecule has 0 radical (unpaired) electrons. The van der Waals surface area contributed by atoms with E-state index in [1.807, 2.05) is 48.5 Å². The highest BCUT2D eigenvalue weighted by molar-refractivity contribution is 9.10. The zero-order chi connectivity index (χ0) is 40.9. The quantitative estimate of drug-likeness (QED) is 0.172. The fraction of sp³-hybridized carbons (Fsp3) is 0. The molecule has 62 heavy (non-hydrogen) atoms. The molecule has 9 aromatic carbocycles. The van der Waals surface area contributed by atoms with Gasteiger partial charge < -0.3 is 13.4 Å². The van der Waals surface area contributed by atoms with Crippen LogP contribution in [-0.2, 0) is 0 Å². The number of halogens is 1. The Kier molecular flexibility index (Phi) is 7.65. The molecule has 0 N–H and O–H groups in total. The van der Waals surface area contributed by atoms with Crippen LogP contribution >= 0.6 is 15.9 Å². The molecule has 4 aromatic heterocycles. The molecule has 0 spiro atoms. The van der Waals surface area contributed by atoms with Crippen molar-refractivity contribution < 1.29 is 8.83 Å². The van der Waals surface area contributed by atoms with Crippen LogP contribution in [-0.4, -0.2) is 19.5 Å². The number of hydrogen-bond acceptors (Lipinski definition) is 5. The van der Waals surface area contributed by atoms with Crippen LogP contribution in [0.1, 0.15) is 0 Å². The van der Waals surface area contributed by atoms with Gasteiger partial charge in [0.15, 0.2) is 17.5 Å². The molecule has 6 nitrogen and oxygen atoms in total. The Morgan fingerprint density at radius 3 is 1.87 bits per heavy atom. The topological polar surface area (TPSA) is 69.9 Å². The molecule has 0 saturated carbocycles. The van der Waals surface area contributed by atoms with Gasteiger partial charge in [0.2, 0.25) is 0 Å². The fourth-order valence-corrected chi connectivity index (χ4v) is 9.60. The van der Waals surface area contributed by atoms with Gasteiger partial charge in [-0.15, -0.1) is 0 Å². The summed E-state index contributed by atoms with van der Waals surface area (Å²) < 4.78 is 16.3. The molecule has 13 aromatic rings. The van der Waals surface area contributed by atoms with Gasteiger partial charge in [0.05, 0.1) is 22.3 Å². The number of rotatable bonds is 5. The maximum Gasteiger partial charge on any atom is 0.167 e. The van der Waals surface area contributed by atoms with Gasteiger partial charge in [-0.25, -0.2) is 15.0 Å². The Morgan fingerprint density at radius 1 is 0.371 bits per heavy atom. The van der Waals surface area contributed by atoms with E-state index in [1.165, 1.54) is 10.8 Å². The Labute approximate surface area is 362 Å². The second-order valence-corrected chi connectivity index (χ2v) is 16.6. The zero-order valence-corrected chi connectivity index (χ0v) is 34.5. The van der Waals surface area contributed by atoms with Crippen molar-refractivity contribution in [2.45, 2.75) is 0 Å². The molecule has 4 heterocycles. The van der Waals surface area contributed by atoms with Crippen LogP contribution in [0.3, 0.4) is 0 Å². The van der Waals surface area contributed by atoms with E-state index < -0.39 is 0 Å². The molecule has 0 aliphatic heterocycles. The Hall–Kier alpha value is -7.87. The predicted molar refractivity (Wildman–Crippen MR) is 256 cm³/mol. The van der Waals surface area contributed by atoms with Crippen molar-refractivity contribution in [3.05, 3.63) is 193 Å². The molecule has 0 aliphatic carbocycles. The summed E-state index contributed by atoms with van der Waals surface area (Å²) in [5, 5.41) is 8.68. The van der Waals surface area contributed by atoms with Crippen molar-refractivity contribution in [2.75, 3.05) is 0 Å². The van der Waals surface area contributed by atoms with Crippen molar-refractivity contribution >= 4 is 92.4 Å². The SMILES string of the molecule is Brc1ccccc1-n1c2ccc(-c3nc(-c4ccc5oc6ccccc6c5c4)nc(-c4cccc5c4oc4cc(-c6ccccc6)ccc45)n3)cc2c2cc3ccccc3cc21. The highest BCUT2D eigenvalue weighted by Gasteiger charge is 2.21. The highest BCUT2D eigenvalue weighted by atomic mass is 79.9. The van der Waals surface area contributed by atoms with Crippen LogP contribution in [0.5, 0.6) is 0 Å². The van der Waals surface area contributed by atoms with Gasteiger partial charge in [0.1, 0.15) is 22.3 Å². The van der Waals surface area contributed by atoms with E-state index >= 15 is 0 Å². The average Bonchev–Trinajstić information content (AvgIpc) is 3.99. The number of hydrogen-bond donors (Lipinski definition) is 0. The number of nitrogens with zero attached hydrogens (tertiary/aromatic N) is 4. The number of para-hydroxylation sites is 3. The van der Waals surface area contributed by atoms with Crippen molar-refractivity contribution in [2.24, 2.45) is 0 Å². The maximum absolute atomic E-state index is 6.76.